The molecule has 3 heterocycles. The van der Waals surface area contributed by atoms with E-state index in [-0.39, 0.29) is 25.2 Å². The van der Waals surface area contributed by atoms with Crippen LogP contribution in [-0.2, 0) is 28.7 Å². The van der Waals surface area contributed by atoms with E-state index in [0.717, 1.165) is 35.1 Å². The van der Waals surface area contributed by atoms with E-state index in [9.17, 15) is 9.59 Å². The molecule has 1 spiro atoms. The van der Waals surface area contributed by atoms with Crippen molar-refractivity contribution in [3.8, 4) is 0 Å². The Labute approximate surface area is 206 Å². The number of piperidine rings is 1. The zero-order chi connectivity index (χ0) is 25.2. The number of carbonyl (C=O) groups excluding carboxylic acids is 2. The lowest BCUT2D eigenvalue weighted by molar-refractivity contribution is -0.240. The molecule has 2 saturated heterocycles. The van der Waals surface area contributed by atoms with E-state index in [1.165, 1.54) is 5.06 Å². The predicted molar refractivity (Wildman–Crippen MR) is 128 cm³/mol. The fourth-order valence-electron chi connectivity index (χ4n) is 5.47. The van der Waals surface area contributed by atoms with Crippen LogP contribution in [0.1, 0.15) is 54.9 Å². The first-order valence-electron chi connectivity index (χ1n) is 12.4. The average molecular weight is 489 g/mol. The summed E-state index contributed by atoms with van der Waals surface area (Å²) >= 11 is 0. The number of ether oxygens (including phenoxy) is 3. The van der Waals surface area contributed by atoms with Crippen LogP contribution in [0.5, 0.6) is 0 Å². The summed E-state index contributed by atoms with van der Waals surface area (Å²) < 4.78 is 16.7. The van der Waals surface area contributed by atoms with Crippen LogP contribution in [0.15, 0.2) is 17.9 Å². The van der Waals surface area contributed by atoms with Gasteiger partial charge in [0.2, 0.25) is 0 Å². The third-order valence-electron chi connectivity index (χ3n) is 7.03. The number of amides is 1. The summed E-state index contributed by atoms with van der Waals surface area (Å²) in [5.41, 5.74) is 3.11. The Bertz CT molecular complexity index is 968. The minimum absolute atomic E-state index is 0.0692. The van der Waals surface area contributed by atoms with Gasteiger partial charge in [0.15, 0.2) is 5.76 Å². The third-order valence-corrected chi connectivity index (χ3v) is 7.03. The average Bonchev–Trinajstić information content (AvgIpc) is 3.40. The van der Waals surface area contributed by atoms with Crippen LogP contribution in [0.3, 0.4) is 0 Å². The molecule has 192 valence electrons. The molecular weight excluding hydrogens is 452 g/mol. The lowest BCUT2D eigenvalue weighted by atomic mass is 9.84. The molecule has 3 aliphatic heterocycles. The zero-order valence-electron chi connectivity index (χ0n) is 21.3. The van der Waals surface area contributed by atoms with E-state index < -0.39 is 11.7 Å². The van der Waals surface area contributed by atoms with Crippen molar-refractivity contribution in [1.82, 2.24) is 10.1 Å². The lowest BCUT2D eigenvalue weighted by Gasteiger charge is -2.43. The normalized spacial score (nSPS) is 22.4. The molecule has 9 nitrogen and oxygen atoms in total. The second-order valence-corrected chi connectivity index (χ2v) is 9.44. The van der Waals surface area contributed by atoms with Crippen molar-refractivity contribution in [3.63, 3.8) is 0 Å². The van der Waals surface area contributed by atoms with Crippen LogP contribution < -0.4 is 0 Å². The van der Waals surface area contributed by atoms with E-state index in [1.54, 1.807) is 14.0 Å². The van der Waals surface area contributed by atoms with Gasteiger partial charge in [-0.15, -0.1) is 0 Å². The van der Waals surface area contributed by atoms with Gasteiger partial charge in [0.05, 0.1) is 25.4 Å². The summed E-state index contributed by atoms with van der Waals surface area (Å²) in [5, 5.41) is 3.26. The van der Waals surface area contributed by atoms with Crippen LogP contribution in [0, 0.1) is 20.8 Å². The number of hydroxylamine groups is 4. The van der Waals surface area contributed by atoms with Crippen LogP contribution in [-0.4, -0.2) is 73.9 Å². The van der Waals surface area contributed by atoms with Crippen LogP contribution in [0.2, 0.25) is 0 Å². The Kier molecular flexibility index (Phi) is 7.80. The van der Waals surface area contributed by atoms with Crippen molar-refractivity contribution >= 4 is 17.6 Å². The summed E-state index contributed by atoms with van der Waals surface area (Å²) in [6.07, 6.45) is 1.90. The minimum atomic E-state index is -0.962. The molecule has 1 unspecified atom stereocenters. The molecule has 2 fully saturated rings. The van der Waals surface area contributed by atoms with E-state index in [1.807, 2.05) is 38.0 Å². The monoisotopic (exact) mass is 488 g/mol. The summed E-state index contributed by atoms with van der Waals surface area (Å²) in [4.78, 5) is 38.4. The summed E-state index contributed by atoms with van der Waals surface area (Å²) in [6.45, 7) is 9.86. The standard InChI is InChI=1S/C26H36N2O7/c1-6-32-25(30)35-23-22(21-18(3)14-17(2)15-19(21)4)24(29)28(34-16-20-8-7-13-33-20)26(23)9-11-27(31-5)12-10-26/h14-15,20H,6-13,16H2,1-5H3. The molecule has 1 aromatic carbocycles. The summed E-state index contributed by atoms with van der Waals surface area (Å²) in [7, 11) is 1.62. The van der Waals surface area contributed by atoms with Gasteiger partial charge in [-0.1, -0.05) is 17.7 Å². The summed E-state index contributed by atoms with van der Waals surface area (Å²) in [6, 6.07) is 4.06. The van der Waals surface area contributed by atoms with Crippen molar-refractivity contribution in [2.45, 2.75) is 65.0 Å². The topological polar surface area (TPSA) is 86.8 Å². The highest BCUT2D eigenvalue weighted by Gasteiger charge is 2.57. The van der Waals surface area contributed by atoms with Crippen LogP contribution in [0.4, 0.5) is 4.79 Å². The first-order chi connectivity index (χ1) is 16.8. The van der Waals surface area contributed by atoms with Crippen molar-refractivity contribution in [3.05, 3.63) is 40.1 Å². The SMILES string of the molecule is CCOC(=O)OC1=C(c2c(C)cc(C)cc2C)C(=O)N(OCC2CCCO2)C12CCN(OC)CC2. The Morgan fingerprint density at radius 1 is 1.17 bits per heavy atom. The minimum Gasteiger partial charge on any atom is -0.434 e. The Morgan fingerprint density at radius 2 is 1.86 bits per heavy atom. The molecule has 4 rings (SSSR count). The number of hydrogen-bond acceptors (Lipinski definition) is 8. The lowest BCUT2D eigenvalue weighted by Crippen LogP contribution is -2.55. The molecule has 35 heavy (non-hydrogen) atoms. The van der Waals surface area contributed by atoms with Crippen LogP contribution in [0.25, 0.3) is 5.57 Å². The van der Waals surface area contributed by atoms with Crippen LogP contribution >= 0.6 is 0 Å². The molecule has 0 saturated carbocycles. The van der Waals surface area contributed by atoms with Gasteiger partial charge in [0, 0.05) is 19.7 Å². The Morgan fingerprint density at radius 3 is 2.43 bits per heavy atom. The molecule has 1 atom stereocenters. The van der Waals surface area contributed by atoms with Gasteiger partial charge < -0.3 is 19.0 Å². The van der Waals surface area contributed by atoms with E-state index in [2.05, 4.69) is 0 Å². The fourth-order valence-corrected chi connectivity index (χ4v) is 5.47. The highest BCUT2D eigenvalue weighted by molar-refractivity contribution is 6.23. The van der Waals surface area contributed by atoms with Crippen molar-refractivity contribution in [2.24, 2.45) is 0 Å². The molecule has 1 aromatic rings. The molecule has 0 bridgehead atoms. The quantitative estimate of drug-likeness (QED) is 0.535. The van der Waals surface area contributed by atoms with Gasteiger partial charge in [-0.05, 0) is 70.1 Å². The smallest absolute Gasteiger partial charge is 0.434 e. The second-order valence-electron chi connectivity index (χ2n) is 9.44. The Hall–Kier alpha value is -2.46. The number of benzene rings is 1. The molecule has 1 amide bonds. The molecule has 0 N–H and O–H groups in total. The number of carbonyl (C=O) groups is 2. The Balaban J connectivity index is 1.82. The summed E-state index contributed by atoms with van der Waals surface area (Å²) in [5.74, 6) is -0.0256. The number of hydrogen-bond donors (Lipinski definition) is 0. The molecule has 0 aliphatic carbocycles. The van der Waals surface area contributed by atoms with E-state index >= 15 is 0 Å². The maximum atomic E-state index is 14.1. The molecule has 3 aliphatic rings. The first-order valence-corrected chi connectivity index (χ1v) is 12.4. The molecule has 0 aromatic heterocycles. The van der Waals surface area contributed by atoms with Crippen molar-refractivity contribution in [2.75, 3.05) is 40.0 Å². The maximum absolute atomic E-state index is 14.1. The fraction of sp³-hybridized carbons (Fsp3) is 0.615. The van der Waals surface area contributed by atoms with Gasteiger partial charge >= 0.3 is 6.16 Å². The molecular formula is C26H36N2O7. The van der Waals surface area contributed by atoms with E-state index in [4.69, 9.17) is 23.9 Å². The largest absolute Gasteiger partial charge is 0.513 e. The van der Waals surface area contributed by atoms with Gasteiger partial charge in [0.25, 0.3) is 5.91 Å². The van der Waals surface area contributed by atoms with Gasteiger partial charge in [-0.2, -0.15) is 5.06 Å². The molecule has 9 heteroatoms. The van der Waals surface area contributed by atoms with E-state index in [0.29, 0.717) is 43.9 Å². The van der Waals surface area contributed by atoms with Gasteiger partial charge in [-0.3, -0.25) is 9.63 Å². The predicted octanol–water partition coefficient (Wildman–Crippen LogP) is 3.84. The molecule has 0 radical (unpaired) electrons. The van der Waals surface area contributed by atoms with Gasteiger partial charge in [0.1, 0.15) is 12.1 Å². The van der Waals surface area contributed by atoms with Crippen molar-refractivity contribution < 1.29 is 33.5 Å². The highest BCUT2D eigenvalue weighted by atomic mass is 16.7. The first kappa shape index (κ1) is 25.6. The van der Waals surface area contributed by atoms with Gasteiger partial charge in [-0.25, -0.2) is 9.86 Å². The number of nitrogens with zero attached hydrogens (tertiary/aromatic N) is 2. The highest BCUT2D eigenvalue weighted by Crippen LogP contribution is 2.48. The zero-order valence-corrected chi connectivity index (χ0v) is 21.3. The van der Waals surface area contributed by atoms with Crippen molar-refractivity contribution in [1.29, 1.82) is 0 Å². The maximum Gasteiger partial charge on any atom is 0.513 e. The number of aryl methyl sites for hydroxylation is 3. The number of rotatable bonds is 7. The second kappa shape index (κ2) is 10.7. The third kappa shape index (κ3) is 4.95.